The summed E-state index contributed by atoms with van der Waals surface area (Å²) >= 11 is 0. The van der Waals surface area contributed by atoms with Crippen LogP contribution in [0.1, 0.15) is 24.2 Å². The highest BCUT2D eigenvalue weighted by molar-refractivity contribution is 7.62. The Hall–Kier alpha value is -1.36. The second-order valence-electron chi connectivity index (χ2n) is 3.60. The standard InChI is InChI=1S/C12H18NO5P/c1-4-17-19(15,18-5-2)11-8-9(12(14)16-3)6-7-10(11)13/h6-8H,4-5,13H2,1-3H3. The van der Waals surface area contributed by atoms with Crippen molar-refractivity contribution in [1.29, 1.82) is 0 Å². The Morgan fingerprint density at radius 3 is 2.32 bits per heavy atom. The topological polar surface area (TPSA) is 87.8 Å². The SMILES string of the molecule is CCOP(=O)(OCC)c1cc(C(=O)OC)ccc1N. The minimum absolute atomic E-state index is 0.180. The van der Waals surface area contributed by atoms with Crippen LogP contribution in [0.15, 0.2) is 18.2 Å². The van der Waals surface area contributed by atoms with E-state index in [1.165, 1.54) is 25.3 Å². The minimum atomic E-state index is -3.52. The van der Waals surface area contributed by atoms with E-state index in [9.17, 15) is 9.36 Å². The number of hydrogen-bond acceptors (Lipinski definition) is 6. The van der Waals surface area contributed by atoms with Gasteiger partial charge in [-0.1, -0.05) is 0 Å². The van der Waals surface area contributed by atoms with E-state index in [0.29, 0.717) is 0 Å². The van der Waals surface area contributed by atoms with Gasteiger partial charge in [0.25, 0.3) is 0 Å². The molecule has 0 atom stereocenters. The molecule has 1 aromatic carbocycles. The monoisotopic (exact) mass is 287 g/mol. The van der Waals surface area contributed by atoms with Crippen molar-refractivity contribution in [2.24, 2.45) is 0 Å². The van der Waals surface area contributed by atoms with Crippen LogP contribution in [0, 0.1) is 0 Å². The molecule has 0 unspecified atom stereocenters. The van der Waals surface area contributed by atoms with Crippen LogP contribution in [0.3, 0.4) is 0 Å². The van der Waals surface area contributed by atoms with Gasteiger partial charge in [0.05, 0.1) is 31.2 Å². The maximum Gasteiger partial charge on any atom is 0.363 e. The van der Waals surface area contributed by atoms with Gasteiger partial charge in [-0.3, -0.25) is 4.57 Å². The highest BCUT2D eigenvalue weighted by Gasteiger charge is 2.30. The third kappa shape index (κ3) is 3.56. The molecular weight excluding hydrogens is 269 g/mol. The molecule has 0 fully saturated rings. The fourth-order valence-corrected chi connectivity index (χ4v) is 3.26. The van der Waals surface area contributed by atoms with Crippen LogP contribution in [0.25, 0.3) is 0 Å². The van der Waals surface area contributed by atoms with E-state index in [4.69, 9.17) is 14.8 Å². The largest absolute Gasteiger partial charge is 0.465 e. The van der Waals surface area contributed by atoms with Crippen LogP contribution in [-0.2, 0) is 18.3 Å². The molecule has 0 amide bonds. The third-order valence-electron chi connectivity index (χ3n) is 2.34. The predicted molar refractivity (Wildman–Crippen MR) is 72.7 cm³/mol. The second-order valence-corrected chi connectivity index (χ2v) is 5.59. The number of rotatable bonds is 6. The number of anilines is 1. The number of nitrogen functional groups attached to an aromatic ring is 1. The van der Waals surface area contributed by atoms with Crippen LogP contribution in [-0.4, -0.2) is 26.3 Å². The zero-order valence-electron chi connectivity index (χ0n) is 11.2. The summed E-state index contributed by atoms with van der Waals surface area (Å²) in [6.07, 6.45) is 0. The average Bonchev–Trinajstić information content (AvgIpc) is 2.38. The Labute approximate surface area is 112 Å². The minimum Gasteiger partial charge on any atom is -0.465 e. The maximum atomic E-state index is 12.6. The summed E-state index contributed by atoms with van der Waals surface area (Å²) in [6.45, 7) is 3.82. The van der Waals surface area contributed by atoms with Gasteiger partial charge >= 0.3 is 13.6 Å². The smallest absolute Gasteiger partial charge is 0.363 e. The molecule has 106 valence electrons. The Kier molecular flexibility index (Phi) is 5.54. The molecule has 1 rings (SSSR count). The number of methoxy groups -OCH3 is 1. The first-order chi connectivity index (χ1) is 8.98. The lowest BCUT2D eigenvalue weighted by molar-refractivity contribution is 0.0601. The van der Waals surface area contributed by atoms with E-state index in [1.807, 2.05) is 0 Å². The van der Waals surface area contributed by atoms with E-state index in [1.54, 1.807) is 13.8 Å². The van der Waals surface area contributed by atoms with Gasteiger partial charge in [0.1, 0.15) is 0 Å². The summed E-state index contributed by atoms with van der Waals surface area (Å²) in [6, 6.07) is 4.35. The molecule has 19 heavy (non-hydrogen) atoms. The Balaban J connectivity index is 3.29. The molecule has 6 nitrogen and oxygen atoms in total. The molecule has 0 bridgehead atoms. The fourth-order valence-electron chi connectivity index (χ4n) is 1.54. The number of carbonyl (C=O) groups excluding carboxylic acids is 1. The van der Waals surface area contributed by atoms with Gasteiger partial charge in [0, 0.05) is 5.69 Å². The molecule has 7 heteroatoms. The van der Waals surface area contributed by atoms with Crippen molar-refractivity contribution < 1.29 is 23.1 Å². The zero-order chi connectivity index (χ0) is 14.5. The van der Waals surface area contributed by atoms with E-state index >= 15 is 0 Å². The summed E-state index contributed by atoms with van der Waals surface area (Å²) in [5.74, 6) is -0.541. The summed E-state index contributed by atoms with van der Waals surface area (Å²) in [5, 5.41) is 0.180. The molecule has 0 saturated heterocycles. The molecule has 0 aliphatic carbocycles. The lowest BCUT2D eigenvalue weighted by atomic mass is 10.2. The first kappa shape index (κ1) is 15.7. The van der Waals surface area contributed by atoms with E-state index in [2.05, 4.69) is 4.74 Å². The molecule has 0 spiro atoms. The molecule has 0 saturated carbocycles. The molecule has 0 heterocycles. The summed E-state index contributed by atoms with van der Waals surface area (Å²) in [7, 11) is -2.25. The normalized spacial score (nSPS) is 11.3. The molecule has 0 radical (unpaired) electrons. The van der Waals surface area contributed by atoms with Crippen molar-refractivity contribution in [3.05, 3.63) is 23.8 Å². The fraction of sp³-hybridized carbons (Fsp3) is 0.417. The van der Waals surface area contributed by atoms with Crippen molar-refractivity contribution in [2.75, 3.05) is 26.1 Å². The number of benzene rings is 1. The maximum absolute atomic E-state index is 12.6. The molecule has 0 aliphatic rings. The van der Waals surface area contributed by atoms with Crippen LogP contribution in [0.4, 0.5) is 5.69 Å². The first-order valence-corrected chi connectivity index (χ1v) is 7.40. The number of carbonyl (C=O) groups is 1. The van der Waals surface area contributed by atoms with Gasteiger partial charge in [0.2, 0.25) is 0 Å². The van der Waals surface area contributed by atoms with Crippen LogP contribution >= 0.6 is 7.60 Å². The number of ether oxygens (including phenoxy) is 1. The van der Waals surface area contributed by atoms with Gasteiger partial charge in [-0.2, -0.15) is 0 Å². The van der Waals surface area contributed by atoms with Gasteiger partial charge in [-0.25, -0.2) is 4.79 Å². The Morgan fingerprint density at radius 2 is 1.84 bits per heavy atom. The summed E-state index contributed by atoms with van der Waals surface area (Å²) in [5.41, 5.74) is 6.28. The quantitative estimate of drug-likeness (QED) is 0.489. The lowest BCUT2D eigenvalue weighted by Crippen LogP contribution is -2.17. The van der Waals surface area contributed by atoms with Crippen molar-refractivity contribution in [3.8, 4) is 0 Å². The number of esters is 1. The average molecular weight is 287 g/mol. The van der Waals surface area contributed by atoms with Gasteiger partial charge in [-0.15, -0.1) is 0 Å². The van der Waals surface area contributed by atoms with Crippen molar-refractivity contribution >= 4 is 24.6 Å². The predicted octanol–water partition coefficient (Wildman–Crippen LogP) is 1.95. The zero-order valence-corrected chi connectivity index (χ0v) is 12.1. The Morgan fingerprint density at radius 1 is 1.26 bits per heavy atom. The second kappa shape index (κ2) is 6.70. The lowest BCUT2D eigenvalue weighted by Gasteiger charge is -2.19. The first-order valence-electron chi connectivity index (χ1n) is 5.86. The number of hydrogen-bond donors (Lipinski definition) is 1. The molecule has 1 aromatic rings. The Bertz CT molecular complexity index is 493. The third-order valence-corrected chi connectivity index (χ3v) is 4.52. The highest BCUT2D eigenvalue weighted by Crippen LogP contribution is 2.48. The molecular formula is C12H18NO5P. The van der Waals surface area contributed by atoms with Gasteiger partial charge in [-0.05, 0) is 32.0 Å². The van der Waals surface area contributed by atoms with Gasteiger partial charge in [0.15, 0.2) is 0 Å². The van der Waals surface area contributed by atoms with Crippen molar-refractivity contribution in [1.82, 2.24) is 0 Å². The van der Waals surface area contributed by atoms with Crippen molar-refractivity contribution in [2.45, 2.75) is 13.8 Å². The van der Waals surface area contributed by atoms with Crippen LogP contribution in [0.5, 0.6) is 0 Å². The molecule has 0 aliphatic heterocycles. The van der Waals surface area contributed by atoms with Crippen LogP contribution in [0.2, 0.25) is 0 Å². The molecule has 0 aromatic heterocycles. The highest BCUT2D eigenvalue weighted by atomic mass is 31.2. The summed E-state index contributed by atoms with van der Waals surface area (Å²) in [4.78, 5) is 11.5. The summed E-state index contributed by atoms with van der Waals surface area (Å²) < 4.78 is 27.6. The van der Waals surface area contributed by atoms with Crippen LogP contribution < -0.4 is 11.0 Å². The van der Waals surface area contributed by atoms with E-state index in [0.717, 1.165) is 0 Å². The van der Waals surface area contributed by atoms with Gasteiger partial charge < -0.3 is 19.5 Å². The number of nitrogens with two attached hydrogens (primary N) is 1. The van der Waals surface area contributed by atoms with E-state index < -0.39 is 13.6 Å². The molecule has 2 N–H and O–H groups in total. The van der Waals surface area contributed by atoms with Crippen molar-refractivity contribution in [3.63, 3.8) is 0 Å². The van der Waals surface area contributed by atoms with E-state index in [-0.39, 0.29) is 29.8 Å².